The number of Topliss-reactive ketones (excluding diaryl/α,β-unsaturated/α-hetero) is 1. The van der Waals surface area contributed by atoms with Crippen molar-refractivity contribution in [2.75, 3.05) is 6.61 Å². The monoisotopic (exact) mass is 708 g/mol. The van der Waals surface area contributed by atoms with Gasteiger partial charge in [0.1, 0.15) is 29.8 Å². The van der Waals surface area contributed by atoms with Crippen molar-refractivity contribution in [2.24, 2.45) is 17.3 Å². The summed E-state index contributed by atoms with van der Waals surface area (Å²) in [6.45, 7) is 8.17. The highest BCUT2D eigenvalue weighted by molar-refractivity contribution is 5.95. The first-order chi connectivity index (χ1) is 24.0. The van der Waals surface area contributed by atoms with Crippen LogP contribution in [-0.2, 0) is 57.1 Å². The Morgan fingerprint density at radius 3 is 1.59 bits per heavy atom. The van der Waals surface area contributed by atoms with Gasteiger partial charge in [-0.1, -0.05) is 43.3 Å². The van der Waals surface area contributed by atoms with Gasteiger partial charge in [-0.3, -0.25) is 24.0 Å². The summed E-state index contributed by atoms with van der Waals surface area (Å²) >= 11 is 0. The standard InChI is InChI=1S/C37H40O14/c1-19-28(46-21(3)39)29(47-22(4)40)32(50-34(44)25-16-12-9-13-17-25)36(18-45-20(2)38)31(48-23(5)41)27(42)26-30(37(19,36)51-35(26,6)7)49-33(43)24-14-10-8-11-15-24/h8-17,19,26,28-32H,18H2,1-7H3/t19-,26-,28-,29+,30-,31+,32+,36-,37-/m1/s1. The van der Waals surface area contributed by atoms with Crippen molar-refractivity contribution < 1.29 is 66.7 Å². The Balaban J connectivity index is 1.88. The zero-order valence-corrected chi connectivity index (χ0v) is 29.2. The van der Waals surface area contributed by atoms with Gasteiger partial charge in [0.05, 0.1) is 22.6 Å². The third-order valence-electron chi connectivity index (χ3n) is 9.85. The molecule has 14 nitrogen and oxygen atoms in total. The second kappa shape index (κ2) is 13.9. The highest BCUT2D eigenvalue weighted by atomic mass is 16.6. The van der Waals surface area contributed by atoms with Gasteiger partial charge in [0.2, 0.25) is 0 Å². The molecule has 3 fully saturated rings. The van der Waals surface area contributed by atoms with Crippen LogP contribution >= 0.6 is 0 Å². The molecule has 0 aromatic heterocycles. The molecule has 272 valence electrons. The van der Waals surface area contributed by atoms with Crippen LogP contribution in [0.1, 0.15) is 69.2 Å². The van der Waals surface area contributed by atoms with Crippen molar-refractivity contribution in [3.63, 3.8) is 0 Å². The maximum absolute atomic E-state index is 14.9. The Kier molecular flexibility index (Phi) is 10.1. The van der Waals surface area contributed by atoms with E-state index in [1.165, 1.54) is 24.3 Å². The van der Waals surface area contributed by atoms with Crippen molar-refractivity contribution in [2.45, 2.75) is 90.2 Å². The van der Waals surface area contributed by atoms with Crippen molar-refractivity contribution in [3.05, 3.63) is 71.8 Å². The second-order valence-electron chi connectivity index (χ2n) is 13.5. The number of hydrogen-bond donors (Lipinski definition) is 0. The zero-order chi connectivity index (χ0) is 37.5. The second-order valence-corrected chi connectivity index (χ2v) is 13.5. The molecule has 2 aliphatic carbocycles. The van der Waals surface area contributed by atoms with Crippen LogP contribution in [0.4, 0.5) is 0 Å². The fraction of sp³-hybridized carbons (Fsp3) is 0.486. The Morgan fingerprint density at radius 1 is 0.647 bits per heavy atom. The van der Waals surface area contributed by atoms with Crippen LogP contribution in [-0.4, -0.2) is 89.9 Å². The van der Waals surface area contributed by atoms with E-state index in [0.29, 0.717) is 0 Å². The molecule has 0 N–H and O–H groups in total. The van der Waals surface area contributed by atoms with Crippen molar-refractivity contribution >= 4 is 41.6 Å². The van der Waals surface area contributed by atoms with E-state index in [1.54, 1.807) is 57.2 Å². The minimum absolute atomic E-state index is 0.0298. The lowest BCUT2D eigenvalue weighted by Crippen LogP contribution is -2.83. The molecule has 2 aromatic rings. The predicted octanol–water partition coefficient (Wildman–Crippen LogP) is 3.18. The van der Waals surface area contributed by atoms with Gasteiger partial charge in [-0.05, 0) is 38.1 Å². The summed E-state index contributed by atoms with van der Waals surface area (Å²) in [6.07, 6.45) is -8.55. The minimum Gasteiger partial charge on any atom is -0.465 e. The summed E-state index contributed by atoms with van der Waals surface area (Å²) in [7, 11) is 0. The molecule has 14 heteroatoms. The van der Waals surface area contributed by atoms with E-state index < -0.39 is 107 Å². The zero-order valence-electron chi connectivity index (χ0n) is 29.2. The summed E-state index contributed by atoms with van der Waals surface area (Å²) in [6, 6.07) is 15.6. The lowest BCUT2D eigenvalue weighted by Gasteiger charge is -2.64. The number of rotatable bonds is 9. The molecule has 2 aromatic carbocycles. The minimum atomic E-state index is -2.30. The molecule has 1 spiro atoms. The number of carbonyl (C=O) groups excluding carboxylic acids is 7. The molecule has 9 atom stereocenters. The van der Waals surface area contributed by atoms with Gasteiger partial charge in [0.25, 0.3) is 0 Å². The maximum atomic E-state index is 14.9. The smallest absolute Gasteiger partial charge is 0.338 e. The number of esters is 6. The molecule has 1 saturated heterocycles. The highest BCUT2D eigenvalue weighted by Crippen LogP contribution is 2.67. The van der Waals surface area contributed by atoms with Crippen molar-refractivity contribution in [3.8, 4) is 0 Å². The van der Waals surface area contributed by atoms with Gasteiger partial charge in [-0.15, -0.1) is 0 Å². The summed E-state index contributed by atoms with van der Waals surface area (Å²) in [5, 5.41) is 0. The largest absolute Gasteiger partial charge is 0.465 e. The Labute approximate surface area is 294 Å². The van der Waals surface area contributed by atoms with Crippen LogP contribution in [0.15, 0.2) is 60.7 Å². The van der Waals surface area contributed by atoms with Crippen LogP contribution in [0, 0.1) is 17.3 Å². The number of ketones is 1. The number of ether oxygens (including phenoxy) is 7. The topological polar surface area (TPSA) is 184 Å². The summed E-state index contributed by atoms with van der Waals surface area (Å²) in [5.41, 5.74) is -5.74. The Hall–Kier alpha value is -5.11. The molecule has 1 heterocycles. The van der Waals surface area contributed by atoms with Crippen LogP contribution in [0.5, 0.6) is 0 Å². The third kappa shape index (κ3) is 6.37. The van der Waals surface area contributed by atoms with Crippen LogP contribution < -0.4 is 0 Å². The number of fused-ring (bicyclic) bond motifs is 1. The number of benzene rings is 2. The van der Waals surface area contributed by atoms with E-state index in [1.807, 2.05) is 0 Å². The normalized spacial score (nSPS) is 31.7. The van der Waals surface area contributed by atoms with E-state index in [4.69, 9.17) is 33.2 Å². The van der Waals surface area contributed by atoms with Crippen LogP contribution in [0.2, 0.25) is 0 Å². The quantitative estimate of drug-likeness (QED) is 0.273. The molecule has 0 radical (unpaired) electrons. The summed E-state index contributed by atoms with van der Waals surface area (Å²) < 4.78 is 42.4. The van der Waals surface area contributed by atoms with E-state index in [2.05, 4.69) is 0 Å². The maximum Gasteiger partial charge on any atom is 0.338 e. The average molecular weight is 709 g/mol. The van der Waals surface area contributed by atoms with Crippen LogP contribution in [0.3, 0.4) is 0 Å². The molecule has 2 bridgehead atoms. The Morgan fingerprint density at radius 2 is 1.12 bits per heavy atom. The lowest BCUT2D eigenvalue weighted by molar-refractivity contribution is -0.330. The summed E-state index contributed by atoms with van der Waals surface area (Å²) in [5.74, 6) is -8.68. The molecule has 3 aliphatic rings. The van der Waals surface area contributed by atoms with Crippen molar-refractivity contribution in [1.82, 2.24) is 0 Å². The van der Waals surface area contributed by atoms with E-state index >= 15 is 0 Å². The molecule has 51 heavy (non-hydrogen) atoms. The van der Waals surface area contributed by atoms with Gasteiger partial charge in [-0.25, -0.2) is 9.59 Å². The van der Waals surface area contributed by atoms with E-state index in [9.17, 15) is 33.6 Å². The predicted molar refractivity (Wildman–Crippen MR) is 173 cm³/mol. The van der Waals surface area contributed by atoms with Gasteiger partial charge >= 0.3 is 35.8 Å². The first-order valence-electron chi connectivity index (χ1n) is 16.4. The first-order valence-corrected chi connectivity index (χ1v) is 16.4. The third-order valence-corrected chi connectivity index (χ3v) is 9.85. The molecular formula is C37H40O14. The van der Waals surface area contributed by atoms with Gasteiger partial charge < -0.3 is 33.2 Å². The van der Waals surface area contributed by atoms with Crippen LogP contribution in [0.25, 0.3) is 0 Å². The van der Waals surface area contributed by atoms with E-state index in [-0.39, 0.29) is 11.1 Å². The van der Waals surface area contributed by atoms with Gasteiger partial charge in [-0.2, -0.15) is 0 Å². The molecule has 2 saturated carbocycles. The highest BCUT2D eigenvalue weighted by Gasteiger charge is 2.87. The fourth-order valence-corrected chi connectivity index (χ4v) is 8.13. The number of carbonyl (C=O) groups is 7. The molecule has 0 unspecified atom stereocenters. The van der Waals surface area contributed by atoms with E-state index in [0.717, 1.165) is 27.7 Å². The molecule has 5 rings (SSSR count). The molecule has 0 amide bonds. The van der Waals surface area contributed by atoms with Crippen molar-refractivity contribution in [1.29, 1.82) is 0 Å². The van der Waals surface area contributed by atoms with Gasteiger partial charge in [0, 0.05) is 33.6 Å². The average Bonchev–Trinajstić information content (AvgIpc) is 3.27. The lowest BCUT2D eigenvalue weighted by atomic mass is 9.46. The number of hydrogen-bond acceptors (Lipinski definition) is 14. The fourth-order valence-electron chi connectivity index (χ4n) is 8.13. The van der Waals surface area contributed by atoms with Gasteiger partial charge in [0.15, 0.2) is 24.1 Å². The SMILES string of the molecule is CC(=O)OC[C@]12[C@@H](OC(C)=O)C(=O)[C@@H]3[C@@H](OC(=O)c4ccccc4)[C@]1(OC3(C)C)[C@H](C)[C@@H](OC(C)=O)[C@H](OC(C)=O)[C@@H]2OC(=O)c1ccccc1. The molecule has 1 aliphatic heterocycles. The summed E-state index contributed by atoms with van der Waals surface area (Å²) in [4.78, 5) is 93.9. The Bertz CT molecular complexity index is 1720. The first kappa shape index (κ1) is 37.2. The molecular weight excluding hydrogens is 668 g/mol.